The summed E-state index contributed by atoms with van der Waals surface area (Å²) in [7, 11) is 1.23. The number of rotatable bonds is 2. The van der Waals surface area contributed by atoms with Crippen molar-refractivity contribution in [3.63, 3.8) is 0 Å². The number of benzene rings is 1. The van der Waals surface area contributed by atoms with Crippen molar-refractivity contribution in [2.45, 2.75) is 0 Å². The normalized spacial score (nSPS) is 10.5. The number of phenols is 1. The van der Waals surface area contributed by atoms with Crippen LogP contribution >= 0.6 is 0 Å². The maximum atomic E-state index is 13.6. The third kappa shape index (κ3) is 1.75. The molecule has 0 saturated heterocycles. The van der Waals surface area contributed by atoms with Crippen molar-refractivity contribution in [3.8, 4) is 22.8 Å². The average molecular weight is 241 g/mol. The Kier molecular flexibility index (Phi) is 2.58. The summed E-state index contributed by atoms with van der Waals surface area (Å²) in [5, 5.41) is 15.7. The highest BCUT2D eigenvalue weighted by Gasteiger charge is 2.21. The number of halogens is 2. The van der Waals surface area contributed by atoms with E-state index in [2.05, 4.69) is 10.2 Å². The number of anilines is 1. The smallest absolute Gasteiger partial charge is 0.172 e. The second-order valence-corrected chi connectivity index (χ2v) is 3.30. The van der Waals surface area contributed by atoms with Crippen molar-refractivity contribution in [2.24, 2.45) is 0 Å². The molecule has 0 fully saturated rings. The summed E-state index contributed by atoms with van der Waals surface area (Å²) in [5.41, 5.74) is 5.05. The Morgan fingerprint density at radius 3 is 2.65 bits per heavy atom. The van der Waals surface area contributed by atoms with Gasteiger partial charge in [-0.05, 0) is 0 Å². The molecule has 17 heavy (non-hydrogen) atoms. The molecule has 7 heteroatoms. The van der Waals surface area contributed by atoms with Gasteiger partial charge in [0, 0.05) is 12.1 Å². The second kappa shape index (κ2) is 3.93. The predicted octanol–water partition coefficient (Wildman–Crippen LogP) is 1.65. The van der Waals surface area contributed by atoms with Crippen LogP contribution in [-0.2, 0) is 0 Å². The standard InChI is InChI=1S/C10H9F2N3O2/c1-17-6-2-4(11)9(12)8(10(6)16)5-3-7(13)15-14-5/h2-3,16H,1H3,(H3,13,14,15). The number of nitrogens with zero attached hydrogens (tertiary/aromatic N) is 1. The van der Waals surface area contributed by atoms with Crippen LogP contribution in [0.3, 0.4) is 0 Å². The molecule has 0 amide bonds. The van der Waals surface area contributed by atoms with E-state index in [1.165, 1.54) is 13.2 Å². The van der Waals surface area contributed by atoms with Crippen LogP contribution in [0.2, 0.25) is 0 Å². The van der Waals surface area contributed by atoms with Gasteiger partial charge < -0.3 is 15.6 Å². The molecule has 0 aliphatic rings. The van der Waals surface area contributed by atoms with Gasteiger partial charge in [-0.2, -0.15) is 5.10 Å². The molecule has 1 aromatic carbocycles. The molecule has 0 spiro atoms. The topological polar surface area (TPSA) is 84.2 Å². The fraction of sp³-hybridized carbons (Fsp3) is 0.100. The maximum absolute atomic E-state index is 13.6. The summed E-state index contributed by atoms with van der Waals surface area (Å²) in [5.74, 6) is -2.93. The maximum Gasteiger partial charge on any atom is 0.172 e. The van der Waals surface area contributed by atoms with Gasteiger partial charge in [0.15, 0.2) is 23.1 Å². The molecule has 0 saturated carbocycles. The zero-order chi connectivity index (χ0) is 12.6. The minimum Gasteiger partial charge on any atom is -0.504 e. The van der Waals surface area contributed by atoms with E-state index in [0.717, 1.165) is 6.07 Å². The van der Waals surface area contributed by atoms with E-state index in [-0.39, 0.29) is 22.8 Å². The number of aromatic hydroxyl groups is 1. The highest BCUT2D eigenvalue weighted by molar-refractivity contribution is 5.72. The largest absolute Gasteiger partial charge is 0.504 e. The van der Waals surface area contributed by atoms with E-state index in [9.17, 15) is 13.9 Å². The van der Waals surface area contributed by atoms with Crippen molar-refractivity contribution >= 4 is 5.82 Å². The number of nitrogens with one attached hydrogen (secondary N) is 1. The number of ether oxygens (including phenoxy) is 1. The van der Waals surface area contributed by atoms with Crippen LogP contribution in [0, 0.1) is 11.6 Å². The van der Waals surface area contributed by atoms with Crippen LogP contribution < -0.4 is 10.5 Å². The molecule has 0 unspecified atom stereocenters. The first kappa shape index (κ1) is 11.2. The lowest BCUT2D eigenvalue weighted by Crippen LogP contribution is -1.95. The van der Waals surface area contributed by atoms with Gasteiger partial charge in [0.1, 0.15) is 5.82 Å². The molecular weight excluding hydrogens is 232 g/mol. The van der Waals surface area contributed by atoms with Gasteiger partial charge >= 0.3 is 0 Å². The Bertz CT molecular complexity index is 569. The molecular formula is C10H9F2N3O2. The quantitative estimate of drug-likeness (QED) is 0.746. The third-order valence-corrected chi connectivity index (χ3v) is 2.24. The molecule has 1 aromatic heterocycles. The fourth-order valence-electron chi connectivity index (χ4n) is 1.46. The van der Waals surface area contributed by atoms with Gasteiger partial charge in [0.25, 0.3) is 0 Å². The summed E-state index contributed by atoms with van der Waals surface area (Å²) in [6, 6.07) is 2.03. The summed E-state index contributed by atoms with van der Waals surface area (Å²) in [4.78, 5) is 0. The number of aromatic amines is 1. The molecule has 1 heterocycles. The van der Waals surface area contributed by atoms with Crippen LogP contribution in [-0.4, -0.2) is 22.4 Å². The molecule has 4 N–H and O–H groups in total. The number of aromatic nitrogens is 2. The Labute approximate surface area is 94.8 Å². The highest BCUT2D eigenvalue weighted by atomic mass is 19.2. The highest BCUT2D eigenvalue weighted by Crippen LogP contribution is 2.39. The molecule has 0 bridgehead atoms. The van der Waals surface area contributed by atoms with Crippen LogP contribution in [0.15, 0.2) is 12.1 Å². The summed E-state index contributed by atoms with van der Waals surface area (Å²) < 4.78 is 31.6. The monoisotopic (exact) mass is 241 g/mol. The average Bonchev–Trinajstić information content (AvgIpc) is 2.70. The minimum absolute atomic E-state index is 0.0651. The lowest BCUT2D eigenvalue weighted by atomic mass is 10.1. The Morgan fingerprint density at radius 1 is 1.41 bits per heavy atom. The lowest BCUT2D eigenvalue weighted by molar-refractivity contribution is 0.365. The van der Waals surface area contributed by atoms with E-state index in [1.807, 2.05) is 0 Å². The van der Waals surface area contributed by atoms with Crippen molar-refractivity contribution < 1.29 is 18.6 Å². The van der Waals surface area contributed by atoms with E-state index in [1.54, 1.807) is 0 Å². The van der Waals surface area contributed by atoms with E-state index < -0.39 is 17.4 Å². The van der Waals surface area contributed by atoms with Crippen molar-refractivity contribution in [1.82, 2.24) is 10.2 Å². The molecule has 2 aromatic rings. The Hall–Kier alpha value is -2.31. The van der Waals surface area contributed by atoms with E-state index >= 15 is 0 Å². The molecule has 0 radical (unpaired) electrons. The van der Waals surface area contributed by atoms with Gasteiger partial charge in [0.2, 0.25) is 0 Å². The molecule has 0 aliphatic heterocycles. The fourth-order valence-corrected chi connectivity index (χ4v) is 1.46. The molecule has 90 valence electrons. The first-order valence-electron chi connectivity index (χ1n) is 4.60. The van der Waals surface area contributed by atoms with Gasteiger partial charge in [0.05, 0.1) is 18.4 Å². The van der Waals surface area contributed by atoms with Crippen molar-refractivity contribution in [2.75, 3.05) is 12.8 Å². The van der Waals surface area contributed by atoms with Gasteiger partial charge in [-0.25, -0.2) is 8.78 Å². The molecule has 2 rings (SSSR count). The van der Waals surface area contributed by atoms with E-state index in [0.29, 0.717) is 0 Å². The summed E-state index contributed by atoms with van der Waals surface area (Å²) >= 11 is 0. The summed E-state index contributed by atoms with van der Waals surface area (Å²) in [6.45, 7) is 0. The van der Waals surface area contributed by atoms with E-state index in [4.69, 9.17) is 10.5 Å². The zero-order valence-corrected chi connectivity index (χ0v) is 8.79. The van der Waals surface area contributed by atoms with Crippen LogP contribution in [0.1, 0.15) is 0 Å². The molecule has 5 nitrogen and oxygen atoms in total. The first-order valence-corrected chi connectivity index (χ1v) is 4.60. The Morgan fingerprint density at radius 2 is 2.12 bits per heavy atom. The number of hydrogen-bond donors (Lipinski definition) is 3. The zero-order valence-electron chi connectivity index (χ0n) is 8.79. The number of nitrogens with two attached hydrogens (primary N) is 1. The number of H-pyrrole nitrogens is 1. The van der Waals surface area contributed by atoms with Crippen molar-refractivity contribution in [3.05, 3.63) is 23.8 Å². The van der Waals surface area contributed by atoms with Crippen molar-refractivity contribution in [1.29, 1.82) is 0 Å². The molecule has 0 atom stereocenters. The number of methoxy groups -OCH3 is 1. The first-order chi connectivity index (χ1) is 8.04. The SMILES string of the molecule is COc1cc(F)c(F)c(-c2cc(N)n[nH]2)c1O. The number of hydrogen-bond acceptors (Lipinski definition) is 4. The second-order valence-electron chi connectivity index (χ2n) is 3.30. The van der Waals surface area contributed by atoms with Gasteiger partial charge in [-0.3, -0.25) is 5.10 Å². The van der Waals surface area contributed by atoms with Crippen LogP contribution in [0.25, 0.3) is 11.3 Å². The van der Waals surface area contributed by atoms with Crippen LogP contribution in [0.4, 0.5) is 14.6 Å². The predicted molar refractivity (Wildman–Crippen MR) is 56.6 cm³/mol. The lowest BCUT2D eigenvalue weighted by Gasteiger charge is -2.09. The van der Waals surface area contributed by atoms with Crippen LogP contribution in [0.5, 0.6) is 11.5 Å². The van der Waals surface area contributed by atoms with Gasteiger partial charge in [-0.15, -0.1) is 0 Å². The Balaban J connectivity index is 2.71. The number of nitrogen functional groups attached to an aromatic ring is 1. The summed E-state index contributed by atoms with van der Waals surface area (Å²) in [6.07, 6.45) is 0. The number of phenolic OH excluding ortho intramolecular Hbond substituents is 1. The minimum atomic E-state index is -1.20. The molecule has 0 aliphatic carbocycles. The third-order valence-electron chi connectivity index (χ3n) is 2.24. The van der Waals surface area contributed by atoms with Gasteiger partial charge in [-0.1, -0.05) is 0 Å².